The molecule has 0 aliphatic rings. The first-order valence-corrected chi connectivity index (χ1v) is 5.01. The number of aromatic nitrogens is 2. The van der Waals surface area contributed by atoms with Crippen molar-refractivity contribution in [3.63, 3.8) is 0 Å². The van der Waals surface area contributed by atoms with Crippen molar-refractivity contribution in [1.82, 2.24) is 10.3 Å². The molecule has 86 valence electrons. The largest absolute Gasteiger partial charge is 0.378 e. The Kier molecular flexibility index (Phi) is 2.90. The van der Waals surface area contributed by atoms with Crippen molar-refractivity contribution < 1.29 is 14.5 Å². The van der Waals surface area contributed by atoms with Crippen LogP contribution in [0, 0.1) is 11.8 Å². The summed E-state index contributed by atoms with van der Waals surface area (Å²) in [6, 6.07) is 5.33. The number of aldehydes is 1. The fourth-order valence-corrected chi connectivity index (χ4v) is 1.56. The molecule has 1 aromatic heterocycles. The molecule has 0 saturated heterocycles. The van der Waals surface area contributed by atoms with Gasteiger partial charge in [0.2, 0.25) is 0 Å². The third kappa shape index (κ3) is 2.68. The lowest BCUT2D eigenvalue weighted by Gasteiger charge is -2.15. The molecule has 1 N–H and O–H groups in total. The van der Waals surface area contributed by atoms with Crippen molar-refractivity contribution in [2.75, 3.05) is 0 Å². The summed E-state index contributed by atoms with van der Waals surface area (Å²) >= 11 is 0. The first kappa shape index (κ1) is 11.3. The maximum Gasteiger partial charge on any atom is 0.192 e. The number of rotatable bonds is 2. The van der Waals surface area contributed by atoms with Gasteiger partial charge in [-0.25, -0.2) is 4.63 Å². The normalized spacial score (nSPS) is 13.8. The van der Waals surface area contributed by atoms with E-state index < -0.39 is 5.60 Å². The molecule has 1 unspecified atom stereocenters. The monoisotopic (exact) mass is 230 g/mol. The zero-order valence-electron chi connectivity index (χ0n) is 9.17. The molecule has 0 amide bonds. The fraction of sp³-hybridized carbons (Fsp3) is 0.250. The number of carbonyl (C=O) groups is 1. The Hall–Kier alpha value is -2.19. The maximum absolute atomic E-state index is 10.1. The van der Waals surface area contributed by atoms with Crippen molar-refractivity contribution in [2.45, 2.75) is 18.9 Å². The van der Waals surface area contributed by atoms with Crippen LogP contribution in [0.5, 0.6) is 0 Å². The molecule has 1 atom stereocenters. The van der Waals surface area contributed by atoms with Gasteiger partial charge in [0, 0.05) is 6.42 Å². The maximum atomic E-state index is 10.1. The number of hydrogen-bond donors (Lipinski definition) is 1. The second kappa shape index (κ2) is 4.36. The highest BCUT2D eigenvalue weighted by Gasteiger charge is 2.18. The number of fused-ring (bicyclic) bond motifs is 1. The SMILES string of the molecule is CC(O)(C#CC=O)Cc1ccc2nonc2c1. The van der Waals surface area contributed by atoms with Crippen molar-refractivity contribution in [3.05, 3.63) is 23.8 Å². The van der Waals surface area contributed by atoms with Gasteiger partial charge in [-0.1, -0.05) is 12.0 Å². The minimum absolute atomic E-state index is 0.302. The van der Waals surface area contributed by atoms with Gasteiger partial charge in [-0.3, -0.25) is 4.79 Å². The Balaban J connectivity index is 2.25. The molecule has 0 aliphatic carbocycles. The zero-order valence-corrected chi connectivity index (χ0v) is 9.17. The molecule has 0 radical (unpaired) electrons. The smallest absolute Gasteiger partial charge is 0.192 e. The lowest BCUT2D eigenvalue weighted by molar-refractivity contribution is -0.103. The van der Waals surface area contributed by atoms with Crippen LogP contribution in [0.4, 0.5) is 0 Å². The molecule has 0 saturated carbocycles. The molecule has 2 aromatic rings. The zero-order chi connectivity index (χ0) is 12.3. The van der Waals surface area contributed by atoms with Crippen LogP contribution in [0.15, 0.2) is 22.8 Å². The third-order valence-corrected chi connectivity index (χ3v) is 2.27. The predicted molar refractivity (Wildman–Crippen MR) is 60.0 cm³/mol. The number of hydrogen-bond acceptors (Lipinski definition) is 5. The van der Waals surface area contributed by atoms with Gasteiger partial charge in [0.15, 0.2) is 6.29 Å². The molecule has 17 heavy (non-hydrogen) atoms. The third-order valence-electron chi connectivity index (χ3n) is 2.27. The standard InChI is InChI=1S/C12H10N2O3/c1-12(16,5-2-6-15)8-9-3-4-10-11(7-9)14-17-13-10/h3-4,6-7,16H,8H2,1H3. The van der Waals surface area contributed by atoms with Crippen LogP contribution in [-0.4, -0.2) is 27.3 Å². The number of benzene rings is 1. The van der Waals surface area contributed by atoms with E-state index in [1.165, 1.54) is 0 Å². The summed E-state index contributed by atoms with van der Waals surface area (Å²) in [6.45, 7) is 1.55. The van der Waals surface area contributed by atoms with E-state index in [-0.39, 0.29) is 0 Å². The van der Waals surface area contributed by atoms with Crippen molar-refractivity contribution in [3.8, 4) is 11.8 Å². The number of aliphatic hydroxyl groups is 1. The Labute approximate surface area is 97.4 Å². The first-order chi connectivity index (χ1) is 8.11. The molecule has 0 aliphatic heterocycles. The molecular weight excluding hydrogens is 220 g/mol. The summed E-state index contributed by atoms with van der Waals surface area (Å²) in [6.07, 6.45) is 0.760. The van der Waals surface area contributed by atoms with Crippen molar-refractivity contribution in [1.29, 1.82) is 0 Å². The average molecular weight is 230 g/mol. The second-order valence-electron chi connectivity index (χ2n) is 3.93. The summed E-state index contributed by atoms with van der Waals surface area (Å²) in [5, 5.41) is 17.3. The van der Waals surface area contributed by atoms with E-state index in [0.717, 1.165) is 5.56 Å². The summed E-state index contributed by atoms with van der Waals surface area (Å²) in [4.78, 5) is 10.1. The molecule has 5 heteroatoms. The van der Waals surface area contributed by atoms with E-state index in [4.69, 9.17) is 0 Å². The van der Waals surface area contributed by atoms with E-state index in [2.05, 4.69) is 26.8 Å². The second-order valence-corrected chi connectivity index (χ2v) is 3.93. The highest BCUT2D eigenvalue weighted by Crippen LogP contribution is 2.16. The molecule has 1 heterocycles. The van der Waals surface area contributed by atoms with E-state index >= 15 is 0 Å². The average Bonchev–Trinajstić information content (AvgIpc) is 2.73. The molecule has 5 nitrogen and oxygen atoms in total. The van der Waals surface area contributed by atoms with Crippen molar-refractivity contribution >= 4 is 17.3 Å². The first-order valence-electron chi connectivity index (χ1n) is 5.01. The van der Waals surface area contributed by atoms with E-state index in [0.29, 0.717) is 23.7 Å². The van der Waals surface area contributed by atoms with Gasteiger partial charge in [0.25, 0.3) is 0 Å². The molecule has 2 rings (SSSR count). The van der Waals surface area contributed by atoms with E-state index in [1.807, 2.05) is 6.07 Å². The Morgan fingerprint density at radius 2 is 2.24 bits per heavy atom. The molecular formula is C12H10N2O3. The molecule has 1 aromatic carbocycles. The van der Waals surface area contributed by atoms with Crippen LogP contribution < -0.4 is 0 Å². The van der Waals surface area contributed by atoms with E-state index in [9.17, 15) is 9.90 Å². The van der Waals surface area contributed by atoms with Crippen LogP contribution in [0.3, 0.4) is 0 Å². The quantitative estimate of drug-likeness (QED) is 0.607. The van der Waals surface area contributed by atoms with Gasteiger partial charge in [-0.2, -0.15) is 0 Å². The van der Waals surface area contributed by atoms with Crippen molar-refractivity contribution in [2.24, 2.45) is 0 Å². The van der Waals surface area contributed by atoms with Gasteiger partial charge in [0.1, 0.15) is 16.6 Å². The van der Waals surface area contributed by atoms with E-state index in [1.54, 1.807) is 19.1 Å². The lowest BCUT2D eigenvalue weighted by atomic mass is 9.97. The highest BCUT2D eigenvalue weighted by atomic mass is 16.6. The lowest BCUT2D eigenvalue weighted by Crippen LogP contribution is -2.24. The number of carbonyl (C=O) groups excluding carboxylic acids is 1. The number of nitrogens with zero attached hydrogens (tertiary/aromatic N) is 2. The van der Waals surface area contributed by atoms with Gasteiger partial charge in [0.05, 0.1) is 0 Å². The van der Waals surface area contributed by atoms with Crippen LogP contribution in [0.1, 0.15) is 12.5 Å². The minimum Gasteiger partial charge on any atom is -0.378 e. The van der Waals surface area contributed by atoms with Crippen LogP contribution >= 0.6 is 0 Å². The molecule has 0 fully saturated rings. The van der Waals surface area contributed by atoms with Crippen LogP contribution in [0.25, 0.3) is 11.0 Å². The predicted octanol–water partition coefficient (Wildman–Crippen LogP) is 0.719. The van der Waals surface area contributed by atoms with Gasteiger partial charge < -0.3 is 5.11 Å². The van der Waals surface area contributed by atoms with Crippen LogP contribution in [-0.2, 0) is 11.2 Å². The Morgan fingerprint density at radius 3 is 3.00 bits per heavy atom. The molecule has 0 spiro atoms. The summed E-state index contributed by atoms with van der Waals surface area (Å²) < 4.78 is 4.58. The highest BCUT2D eigenvalue weighted by molar-refractivity contribution is 5.74. The van der Waals surface area contributed by atoms with Gasteiger partial charge in [-0.05, 0) is 40.9 Å². The Bertz CT molecular complexity index is 605. The summed E-state index contributed by atoms with van der Waals surface area (Å²) in [7, 11) is 0. The fourth-order valence-electron chi connectivity index (χ4n) is 1.56. The Morgan fingerprint density at radius 1 is 1.47 bits per heavy atom. The topological polar surface area (TPSA) is 76.2 Å². The van der Waals surface area contributed by atoms with Gasteiger partial charge in [-0.15, -0.1) is 0 Å². The minimum atomic E-state index is -1.24. The summed E-state index contributed by atoms with van der Waals surface area (Å²) in [5.74, 6) is 4.69. The molecule has 0 bridgehead atoms. The van der Waals surface area contributed by atoms with Gasteiger partial charge >= 0.3 is 0 Å². The summed E-state index contributed by atoms with van der Waals surface area (Å²) in [5.41, 5.74) is 0.888. The van der Waals surface area contributed by atoms with Crippen LogP contribution in [0.2, 0.25) is 0 Å².